The van der Waals surface area contributed by atoms with Gasteiger partial charge in [0.2, 0.25) is 0 Å². The second-order valence-corrected chi connectivity index (χ2v) is 6.46. The molecule has 1 heterocycles. The number of thiocarbonyl (C=S) groups is 1. The van der Waals surface area contributed by atoms with Crippen molar-refractivity contribution in [2.45, 2.75) is 19.5 Å². The average Bonchev–Trinajstić information content (AvgIpc) is 2.60. The summed E-state index contributed by atoms with van der Waals surface area (Å²) in [5, 5.41) is 6.15. The fourth-order valence-electron chi connectivity index (χ4n) is 2.57. The molecule has 3 N–H and O–H groups in total. The highest BCUT2D eigenvalue weighted by molar-refractivity contribution is 7.80. The number of quaternary nitrogens is 1. The van der Waals surface area contributed by atoms with Crippen molar-refractivity contribution in [2.24, 2.45) is 0 Å². The van der Waals surface area contributed by atoms with E-state index in [9.17, 15) is 13.2 Å². The van der Waals surface area contributed by atoms with E-state index in [0.29, 0.717) is 18.9 Å². The van der Waals surface area contributed by atoms with Crippen LogP contribution in [0.4, 0.5) is 18.9 Å². The van der Waals surface area contributed by atoms with Gasteiger partial charge in [0.25, 0.3) is 0 Å². The molecule has 0 bridgehead atoms. The summed E-state index contributed by atoms with van der Waals surface area (Å²) in [7, 11) is 0. The topological polar surface area (TPSA) is 47.0 Å². The molecule has 0 amide bonds. The zero-order valence-electron chi connectivity index (χ0n) is 14.7. The molecule has 2 rings (SSSR count). The van der Waals surface area contributed by atoms with Crippen LogP contribution in [-0.2, 0) is 10.9 Å². The van der Waals surface area contributed by atoms with Crippen LogP contribution in [0, 0.1) is 0 Å². The Labute approximate surface area is 156 Å². The van der Waals surface area contributed by atoms with Crippen LogP contribution in [0.15, 0.2) is 18.2 Å². The quantitative estimate of drug-likeness (QED) is 0.617. The molecule has 146 valence electrons. The van der Waals surface area contributed by atoms with Gasteiger partial charge < -0.3 is 25.0 Å². The van der Waals surface area contributed by atoms with Crippen molar-refractivity contribution in [2.75, 3.05) is 51.3 Å². The van der Waals surface area contributed by atoms with Crippen LogP contribution in [0.5, 0.6) is 5.75 Å². The fraction of sp³-hybridized carbons (Fsp3) is 0.588. The van der Waals surface area contributed by atoms with Crippen LogP contribution in [0.3, 0.4) is 0 Å². The summed E-state index contributed by atoms with van der Waals surface area (Å²) >= 11 is 5.22. The van der Waals surface area contributed by atoms with Gasteiger partial charge >= 0.3 is 6.18 Å². The minimum atomic E-state index is -4.42. The van der Waals surface area contributed by atoms with Gasteiger partial charge in [0.1, 0.15) is 18.8 Å². The zero-order valence-corrected chi connectivity index (χ0v) is 15.6. The van der Waals surface area contributed by atoms with Crippen molar-refractivity contribution >= 4 is 23.0 Å². The zero-order chi connectivity index (χ0) is 19.0. The number of hydrogen-bond donors (Lipinski definition) is 3. The van der Waals surface area contributed by atoms with E-state index in [4.69, 9.17) is 21.7 Å². The molecule has 0 radical (unpaired) electrons. The molecular formula is C17H25F3N3O2S+. The molecule has 1 aromatic rings. The highest BCUT2D eigenvalue weighted by Gasteiger charge is 2.31. The minimum Gasteiger partial charge on any atom is -0.491 e. The van der Waals surface area contributed by atoms with E-state index >= 15 is 0 Å². The number of hydrogen-bond acceptors (Lipinski definition) is 3. The average molecular weight is 392 g/mol. The second kappa shape index (κ2) is 9.94. The van der Waals surface area contributed by atoms with E-state index < -0.39 is 11.7 Å². The molecule has 26 heavy (non-hydrogen) atoms. The summed E-state index contributed by atoms with van der Waals surface area (Å²) < 4.78 is 49.7. The molecule has 1 saturated heterocycles. The van der Waals surface area contributed by atoms with Crippen LogP contribution in [-0.4, -0.2) is 51.1 Å². The standard InChI is InChI=1S/C17H24F3N3O2S/c1-2-9-25-15-4-3-13(17(18,19)20)12-14(15)22-16(26)21-5-6-23-7-10-24-11-8-23/h3-4,12H,2,5-11H2,1H3,(H2,21,22,26)/p+1. The van der Waals surface area contributed by atoms with Gasteiger partial charge in [-0.2, -0.15) is 13.2 Å². The Morgan fingerprint density at radius 3 is 2.69 bits per heavy atom. The Hall–Kier alpha value is -1.58. The van der Waals surface area contributed by atoms with Gasteiger partial charge in [-0.3, -0.25) is 0 Å². The molecule has 1 aliphatic rings. The third-order valence-corrected chi connectivity index (χ3v) is 4.23. The van der Waals surface area contributed by atoms with Crippen LogP contribution in [0.25, 0.3) is 0 Å². The summed E-state index contributed by atoms with van der Waals surface area (Å²) in [6.45, 7) is 7.24. The van der Waals surface area contributed by atoms with Crippen molar-refractivity contribution in [1.29, 1.82) is 0 Å². The van der Waals surface area contributed by atoms with E-state index in [0.717, 1.165) is 51.4 Å². The molecule has 5 nitrogen and oxygen atoms in total. The molecule has 0 aliphatic carbocycles. The fourth-order valence-corrected chi connectivity index (χ4v) is 2.78. The largest absolute Gasteiger partial charge is 0.491 e. The molecule has 1 fully saturated rings. The molecule has 0 aromatic heterocycles. The van der Waals surface area contributed by atoms with Gasteiger partial charge in [-0.1, -0.05) is 6.92 Å². The van der Waals surface area contributed by atoms with E-state index in [1.807, 2.05) is 6.92 Å². The Kier molecular flexibility index (Phi) is 7.92. The number of anilines is 1. The van der Waals surface area contributed by atoms with Gasteiger partial charge in [-0.05, 0) is 36.8 Å². The summed E-state index contributed by atoms with van der Waals surface area (Å²) in [5.74, 6) is 0.350. The first-order valence-corrected chi connectivity index (χ1v) is 9.11. The van der Waals surface area contributed by atoms with Crippen molar-refractivity contribution in [3.05, 3.63) is 23.8 Å². The highest BCUT2D eigenvalue weighted by Crippen LogP contribution is 2.35. The highest BCUT2D eigenvalue weighted by atomic mass is 32.1. The van der Waals surface area contributed by atoms with Gasteiger partial charge in [0.15, 0.2) is 5.11 Å². The first kappa shape index (κ1) is 20.7. The summed E-state index contributed by atoms with van der Waals surface area (Å²) in [6, 6.07) is 3.35. The summed E-state index contributed by atoms with van der Waals surface area (Å²) in [6.07, 6.45) is -3.67. The van der Waals surface area contributed by atoms with Crippen molar-refractivity contribution in [3.8, 4) is 5.75 Å². The predicted octanol–water partition coefficient (Wildman–Crippen LogP) is 1.70. The lowest BCUT2D eigenvalue weighted by Crippen LogP contribution is -3.14. The SMILES string of the molecule is CCCOc1ccc(C(F)(F)F)cc1NC(=S)NCC[NH+]1CCOCC1. The molecule has 0 spiro atoms. The van der Waals surface area contributed by atoms with Crippen molar-refractivity contribution < 1.29 is 27.5 Å². The van der Waals surface area contributed by atoms with E-state index in [2.05, 4.69) is 10.6 Å². The molecular weight excluding hydrogens is 367 g/mol. The Morgan fingerprint density at radius 1 is 1.31 bits per heavy atom. The van der Waals surface area contributed by atoms with Gasteiger partial charge in [0, 0.05) is 0 Å². The molecule has 0 unspecified atom stereocenters. The number of benzene rings is 1. The van der Waals surface area contributed by atoms with E-state index in [-0.39, 0.29) is 10.8 Å². The number of ether oxygens (including phenoxy) is 2. The third kappa shape index (κ3) is 6.62. The first-order valence-electron chi connectivity index (χ1n) is 8.70. The van der Waals surface area contributed by atoms with E-state index in [1.54, 1.807) is 0 Å². The van der Waals surface area contributed by atoms with Crippen LogP contribution < -0.4 is 20.3 Å². The smallest absolute Gasteiger partial charge is 0.416 e. The number of rotatable bonds is 7. The van der Waals surface area contributed by atoms with Crippen molar-refractivity contribution in [1.82, 2.24) is 5.32 Å². The maximum atomic E-state index is 13.0. The predicted molar refractivity (Wildman–Crippen MR) is 97.8 cm³/mol. The van der Waals surface area contributed by atoms with Gasteiger partial charge in [0.05, 0.1) is 44.2 Å². The maximum Gasteiger partial charge on any atom is 0.416 e. The Bertz CT molecular complexity index is 593. The normalized spacial score (nSPS) is 15.5. The number of nitrogens with one attached hydrogen (secondary N) is 3. The third-order valence-electron chi connectivity index (χ3n) is 3.98. The Balaban J connectivity index is 1.94. The number of morpholine rings is 1. The molecule has 0 atom stereocenters. The summed E-state index contributed by atoms with van der Waals surface area (Å²) in [4.78, 5) is 1.41. The monoisotopic (exact) mass is 392 g/mol. The van der Waals surface area contributed by atoms with E-state index in [1.165, 1.54) is 11.0 Å². The minimum absolute atomic E-state index is 0.212. The molecule has 1 aromatic carbocycles. The summed E-state index contributed by atoms with van der Waals surface area (Å²) in [5.41, 5.74) is -0.533. The Morgan fingerprint density at radius 2 is 2.04 bits per heavy atom. The van der Waals surface area contributed by atoms with Crippen LogP contribution in [0.1, 0.15) is 18.9 Å². The first-order chi connectivity index (χ1) is 12.4. The lowest BCUT2D eigenvalue weighted by molar-refractivity contribution is -0.906. The lowest BCUT2D eigenvalue weighted by Gasteiger charge is -2.24. The van der Waals surface area contributed by atoms with Gasteiger partial charge in [-0.25, -0.2) is 0 Å². The van der Waals surface area contributed by atoms with Gasteiger partial charge in [-0.15, -0.1) is 0 Å². The van der Waals surface area contributed by atoms with Crippen LogP contribution in [0.2, 0.25) is 0 Å². The maximum absolute atomic E-state index is 13.0. The lowest BCUT2D eigenvalue weighted by atomic mass is 10.2. The van der Waals surface area contributed by atoms with Crippen LogP contribution >= 0.6 is 12.2 Å². The van der Waals surface area contributed by atoms with Crippen molar-refractivity contribution in [3.63, 3.8) is 0 Å². The molecule has 9 heteroatoms. The second-order valence-electron chi connectivity index (χ2n) is 6.05. The molecule has 1 aliphatic heterocycles. The number of halogens is 3. The molecule has 0 saturated carbocycles. The number of alkyl halides is 3.